The fraction of sp³-hybridized carbons (Fsp3) is 0.118. The van der Waals surface area contributed by atoms with Crippen LogP contribution in [0.1, 0.15) is 16.4 Å². The normalized spacial score (nSPS) is 11.1. The van der Waals surface area contributed by atoms with Crippen LogP contribution in [0.2, 0.25) is 0 Å². The van der Waals surface area contributed by atoms with Gasteiger partial charge >= 0.3 is 5.97 Å². The second kappa shape index (κ2) is 7.46. The van der Waals surface area contributed by atoms with Crippen molar-refractivity contribution in [2.45, 2.75) is 13.5 Å². The van der Waals surface area contributed by atoms with Gasteiger partial charge in [0.2, 0.25) is 0 Å². The maximum absolute atomic E-state index is 12.9. The first-order valence-electron chi connectivity index (χ1n) is 7.07. The summed E-state index contributed by atoms with van der Waals surface area (Å²) >= 11 is 2.94. The first-order valence-corrected chi connectivity index (χ1v) is 8.83. The van der Waals surface area contributed by atoms with Crippen LogP contribution in [0.4, 0.5) is 4.39 Å². The molecule has 0 saturated carbocycles. The topological polar surface area (TPSA) is 52.1 Å². The van der Waals surface area contributed by atoms with Crippen molar-refractivity contribution in [3.05, 3.63) is 63.3 Å². The molecule has 122 valence electrons. The summed E-state index contributed by atoms with van der Waals surface area (Å²) in [6.45, 7) is 2.00. The lowest BCUT2D eigenvalue weighted by Crippen LogP contribution is -2.01. The van der Waals surface area contributed by atoms with Crippen LogP contribution in [-0.4, -0.2) is 15.9 Å². The van der Waals surface area contributed by atoms with Crippen molar-refractivity contribution < 1.29 is 13.9 Å². The largest absolute Gasteiger partial charge is 0.456 e. The maximum Gasteiger partial charge on any atom is 0.331 e. The van der Waals surface area contributed by atoms with Gasteiger partial charge in [0.15, 0.2) is 0 Å². The number of aryl methyl sites for hydroxylation is 1. The third kappa shape index (κ3) is 4.33. The van der Waals surface area contributed by atoms with E-state index in [-0.39, 0.29) is 12.4 Å². The van der Waals surface area contributed by atoms with Crippen LogP contribution in [0, 0.1) is 12.7 Å². The second-order valence-electron chi connectivity index (χ2n) is 4.88. The van der Waals surface area contributed by atoms with Gasteiger partial charge in [0, 0.05) is 22.4 Å². The molecule has 0 bridgehead atoms. The Morgan fingerprint density at radius 2 is 2.00 bits per heavy atom. The predicted molar refractivity (Wildman–Crippen MR) is 93.2 cm³/mol. The van der Waals surface area contributed by atoms with Crippen LogP contribution in [0.25, 0.3) is 16.6 Å². The Morgan fingerprint density at radius 1 is 1.21 bits per heavy atom. The highest BCUT2D eigenvalue weighted by Crippen LogP contribution is 2.24. The Bertz CT molecular complexity index is 869. The van der Waals surface area contributed by atoms with Crippen molar-refractivity contribution in [3.63, 3.8) is 0 Å². The Hall–Kier alpha value is -2.38. The van der Waals surface area contributed by atoms with E-state index in [1.54, 1.807) is 18.2 Å². The van der Waals surface area contributed by atoms with Crippen LogP contribution in [-0.2, 0) is 16.1 Å². The molecular weight excluding hydrogens is 347 g/mol. The van der Waals surface area contributed by atoms with Crippen LogP contribution in [0.3, 0.4) is 0 Å². The molecule has 0 unspecified atom stereocenters. The zero-order valence-electron chi connectivity index (χ0n) is 12.7. The number of aromatic nitrogens is 2. The van der Waals surface area contributed by atoms with Gasteiger partial charge < -0.3 is 4.74 Å². The molecular formula is C17H13FN2O2S2. The Morgan fingerprint density at radius 3 is 2.71 bits per heavy atom. The fourth-order valence-electron chi connectivity index (χ4n) is 1.90. The SMILES string of the molecule is Cc1nc(/C=C/C(=O)OCc2csc(-c3ccc(F)cc3)n2)cs1. The van der Waals surface area contributed by atoms with Crippen molar-refractivity contribution in [2.24, 2.45) is 0 Å². The number of nitrogens with zero attached hydrogens (tertiary/aromatic N) is 2. The molecule has 3 rings (SSSR count). The molecule has 0 aliphatic carbocycles. The van der Waals surface area contributed by atoms with Crippen molar-refractivity contribution in [1.82, 2.24) is 9.97 Å². The van der Waals surface area contributed by atoms with E-state index in [1.165, 1.54) is 40.9 Å². The third-order valence-electron chi connectivity index (χ3n) is 3.03. The lowest BCUT2D eigenvalue weighted by atomic mass is 10.2. The highest BCUT2D eigenvalue weighted by molar-refractivity contribution is 7.13. The lowest BCUT2D eigenvalue weighted by Gasteiger charge is -1.98. The minimum Gasteiger partial charge on any atom is -0.456 e. The number of esters is 1. The van der Waals surface area contributed by atoms with Gasteiger partial charge in [0.05, 0.1) is 16.4 Å². The van der Waals surface area contributed by atoms with Gasteiger partial charge in [0.1, 0.15) is 17.4 Å². The number of rotatable bonds is 5. The molecule has 4 nitrogen and oxygen atoms in total. The molecule has 0 spiro atoms. The van der Waals surface area contributed by atoms with Gasteiger partial charge in [-0.15, -0.1) is 22.7 Å². The molecule has 0 saturated heterocycles. The Balaban J connectivity index is 1.56. The van der Waals surface area contributed by atoms with Crippen molar-refractivity contribution in [1.29, 1.82) is 0 Å². The number of halogens is 1. The Labute approximate surface area is 146 Å². The lowest BCUT2D eigenvalue weighted by molar-refractivity contribution is -0.139. The maximum atomic E-state index is 12.9. The molecule has 2 heterocycles. The average molecular weight is 360 g/mol. The second-order valence-corrected chi connectivity index (χ2v) is 6.80. The van der Waals surface area contributed by atoms with Gasteiger partial charge in [-0.3, -0.25) is 0 Å². The summed E-state index contributed by atoms with van der Waals surface area (Å²) in [4.78, 5) is 20.3. The number of carbonyl (C=O) groups excluding carboxylic acids is 1. The zero-order chi connectivity index (χ0) is 16.9. The van der Waals surface area contributed by atoms with Crippen molar-refractivity contribution in [3.8, 4) is 10.6 Å². The Kier molecular flexibility index (Phi) is 5.12. The number of hydrogen-bond donors (Lipinski definition) is 0. The van der Waals surface area contributed by atoms with Crippen LogP contribution < -0.4 is 0 Å². The van der Waals surface area contributed by atoms with E-state index in [0.717, 1.165) is 21.3 Å². The minimum atomic E-state index is -0.447. The molecule has 0 aliphatic heterocycles. The van der Waals surface area contributed by atoms with Crippen LogP contribution in [0.15, 0.2) is 41.1 Å². The predicted octanol–water partition coefficient (Wildman–Crippen LogP) is 4.47. The molecule has 0 N–H and O–H groups in total. The van der Waals surface area contributed by atoms with E-state index >= 15 is 0 Å². The standard InChI is InChI=1S/C17H13FN2O2S2/c1-11-19-14(9-23-11)6-7-16(21)22-8-15-10-24-17(20-15)12-2-4-13(18)5-3-12/h2-7,9-10H,8H2,1H3/b7-6+. The summed E-state index contributed by atoms with van der Waals surface area (Å²) < 4.78 is 18.1. The number of hydrogen-bond acceptors (Lipinski definition) is 6. The molecule has 0 aliphatic rings. The number of thiazole rings is 2. The van der Waals surface area contributed by atoms with E-state index < -0.39 is 5.97 Å². The molecule has 7 heteroatoms. The number of carbonyl (C=O) groups is 1. The fourth-order valence-corrected chi connectivity index (χ4v) is 3.29. The van der Waals surface area contributed by atoms with E-state index in [4.69, 9.17) is 4.74 Å². The van der Waals surface area contributed by atoms with Crippen LogP contribution >= 0.6 is 22.7 Å². The molecule has 0 atom stereocenters. The van der Waals surface area contributed by atoms with Gasteiger partial charge in [-0.1, -0.05) is 0 Å². The van der Waals surface area contributed by atoms with E-state index in [2.05, 4.69) is 9.97 Å². The van der Waals surface area contributed by atoms with Crippen LogP contribution in [0.5, 0.6) is 0 Å². The molecule has 0 radical (unpaired) electrons. The zero-order valence-corrected chi connectivity index (χ0v) is 14.4. The highest BCUT2D eigenvalue weighted by atomic mass is 32.1. The number of ether oxygens (including phenoxy) is 1. The molecule has 0 amide bonds. The van der Waals surface area contributed by atoms with Crippen molar-refractivity contribution >= 4 is 34.7 Å². The summed E-state index contributed by atoms with van der Waals surface area (Å²) in [5, 5.41) is 5.39. The summed E-state index contributed by atoms with van der Waals surface area (Å²) in [6, 6.07) is 6.12. The molecule has 1 aromatic carbocycles. The van der Waals surface area contributed by atoms with Gasteiger partial charge in [-0.25, -0.2) is 19.2 Å². The van der Waals surface area contributed by atoms with Crippen molar-refractivity contribution in [2.75, 3.05) is 0 Å². The molecule has 0 fully saturated rings. The average Bonchev–Trinajstić information content (AvgIpc) is 3.21. The molecule has 2 aromatic heterocycles. The summed E-state index contributed by atoms with van der Waals surface area (Å²) in [7, 11) is 0. The minimum absolute atomic E-state index is 0.0942. The third-order valence-corrected chi connectivity index (χ3v) is 4.76. The van der Waals surface area contributed by atoms with Gasteiger partial charge in [-0.05, 0) is 37.3 Å². The number of benzene rings is 1. The first kappa shape index (κ1) is 16.5. The molecule has 24 heavy (non-hydrogen) atoms. The smallest absolute Gasteiger partial charge is 0.331 e. The quantitative estimate of drug-likeness (QED) is 0.497. The van der Waals surface area contributed by atoms with E-state index in [1.807, 2.05) is 17.7 Å². The van der Waals surface area contributed by atoms with Gasteiger partial charge in [0.25, 0.3) is 0 Å². The highest BCUT2D eigenvalue weighted by Gasteiger charge is 2.07. The van der Waals surface area contributed by atoms with Gasteiger partial charge in [-0.2, -0.15) is 0 Å². The summed E-state index contributed by atoms with van der Waals surface area (Å²) in [6.07, 6.45) is 2.97. The monoisotopic (exact) mass is 360 g/mol. The van der Waals surface area contributed by atoms with E-state index in [9.17, 15) is 9.18 Å². The molecule has 3 aromatic rings. The first-order chi connectivity index (χ1) is 11.6. The van der Waals surface area contributed by atoms with E-state index in [0.29, 0.717) is 5.69 Å². The summed E-state index contributed by atoms with van der Waals surface area (Å²) in [5.74, 6) is -0.733. The summed E-state index contributed by atoms with van der Waals surface area (Å²) in [5.41, 5.74) is 2.23.